The van der Waals surface area contributed by atoms with Gasteiger partial charge < -0.3 is 20.1 Å². The predicted octanol–water partition coefficient (Wildman–Crippen LogP) is 1.72. The van der Waals surface area contributed by atoms with E-state index in [9.17, 15) is 0 Å². The third-order valence-corrected chi connectivity index (χ3v) is 4.37. The van der Waals surface area contributed by atoms with Crippen molar-refractivity contribution in [2.75, 3.05) is 43.6 Å². The molecular weight excluding hydrogens is 318 g/mol. The summed E-state index contributed by atoms with van der Waals surface area (Å²) in [5.74, 6) is 1.67. The van der Waals surface area contributed by atoms with Crippen LogP contribution in [0.1, 0.15) is 29.3 Å². The summed E-state index contributed by atoms with van der Waals surface area (Å²) < 4.78 is 5.50. The molecule has 25 heavy (non-hydrogen) atoms. The first-order valence-corrected chi connectivity index (χ1v) is 8.60. The van der Waals surface area contributed by atoms with Gasteiger partial charge in [0.1, 0.15) is 5.82 Å². The summed E-state index contributed by atoms with van der Waals surface area (Å²) in [5, 5.41) is 12.1. The lowest BCUT2D eigenvalue weighted by atomic mass is 10.0. The largest absolute Gasteiger partial charge is 0.395 e. The van der Waals surface area contributed by atoms with Gasteiger partial charge in [0.2, 0.25) is 5.95 Å². The highest BCUT2D eigenvalue weighted by atomic mass is 16.5. The fraction of sp³-hybridized carbons (Fsp3) is 0.500. The lowest BCUT2D eigenvalue weighted by Crippen LogP contribution is -2.21. The van der Waals surface area contributed by atoms with Crippen molar-refractivity contribution >= 4 is 11.8 Å². The molecule has 2 aromatic heterocycles. The lowest BCUT2D eigenvalue weighted by molar-refractivity contribution is 0.193. The van der Waals surface area contributed by atoms with Gasteiger partial charge in [0, 0.05) is 38.4 Å². The Hall–Kier alpha value is -2.25. The van der Waals surface area contributed by atoms with Gasteiger partial charge in [-0.15, -0.1) is 0 Å². The topological polar surface area (TPSA) is 83.4 Å². The van der Waals surface area contributed by atoms with Gasteiger partial charge in [-0.1, -0.05) is 6.07 Å². The molecule has 2 N–H and O–H groups in total. The van der Waals surface area contributed by atoms with Gasteiger partial charge in [0.15, 0.2) is 0 Å². The van der Waals surface area contributed by atoms with Crippen LogP contribution < -0.4 is 10.2 Å². The van der Waals surface area contributed by atoms with E-state index < -0.39 is 0 Å². The number of ether oxygens (including phenoxy) is 1. The van der Waals surface area contributed by atoms with Crippen molar-refractivity contribution in [2.45, 2.75) is 25.8 Å². The van der Waals surface area contributed by atoms with Crippen molar-refractivity contribution in [3.05, 3.63) is 41.3 Å². The summed E-state index contributed by atoms with van der Waals surface area (Å²) in [6, 6.07) is 6.03. The van der Waals surface area contributed by atoms with E-state index in [1.165, 1.54) is 0 Å². The molecule has 0 aliphatic carbocycles. The Balaban J connectivity index is 1.84. The van der Waals surface area contributed by atoms with Crippen molar-refractivity contribution in [3.8, 4) is 0 Å². The van der Waals surface area contributed by atoms with Gasteiger partial charge in [-0.3, -0.25) is 4.98 Å². The van der Waals surface area contributed by atoms with E-state index in [2.05, 4.69) is 38.2 Å². The van der Waals surface area contributed by atoms with Crippen LogP contribution in [-0.4, -0.2) is 53.5 Å². The normalized spacial score (nSPS) is 16.8. The second-order valence-corrected chi connectivity index (χ2v) is 6.31. The van der Waals surface area contributed by atoms with Crippen LogP contribution in [0.4, 0.5) is 11.8 Å². The van der Waals surface area contributed by atoms with Crippen molar-refractivity contribution < 1.29 is 9.84 Å². The zero-order valence-corrected chi connectivity index (χ0v) is 14.8. The molecule has 0 radical (unpaired) electrons. The molecule has 1 aliphatic rings. The molecule has 1 atom stereocenters. The second-order valence-electron chi connectivity index (χ2n) is 6.31. The minimum atomic E-state index is 0.0401. The van der Waals surface area contributed by atoms with Crippen molar-refractivity contribution in [3.63, 3.8) is 0 Å². The van der Waals surface area contributed by atoms with Crippen LogP contribution >= 0.6 is 0 Å². The van der Waals surface area contributed by atoms with Crippen LogP contribution in [0, 0.1) is 6.92 Å². The number of hydrogen-bond acceptors (Lipinski definition) is 7. The Morgan fingerprint density at radius 2 is 2.28 bits per heavy atom. The number of aliphatic hydroxyl groups is 1. The van der Waals surface area contributed by atoms with Crippen molar-refractivity contribution in [2.24, 2.45) is 0 Å². The third-order valence-electron chi connectivity index (χ3n) is 4.37. The number of rotatable bonds is 7. The summed E-state index contributed by atoms with van der Waals surface area (Å²) in [6.07, 6.45) is 2.78. The fourth-order valence-electron chi connectivity index (χ4n) is 2.86. The van der Waals surface area contributed by atoms with Crippen LogP contribution in [0.5, 0.6) is 0 Å². The van der Waals surface area contributed by atoms with E-state index in [0.717, 1.165) is 35.8 Å². The first kappa shape index (κ1) is 17.6. The Kier molecular flexibility index (Phi) is 5.78. The van der Waals surface area contributed by atoms with Gasteiger partial charge in [-0.2, -0.15) is 4.98 Å². The molecule has 134 valence electrons. The quantitative estimate of drug-likeness (QED) is 0.792. The van der Waals surface area contributed by atoms with E-state index in [4.69, 9.17) is 9.84 Å². The Labute approximate surface area is 148 Å². The Bertz CT molecular complexity index is 704. The maximum Gasteiger partial charge on any atom is 0.224 e. The average Bonchev–Trinajstić information content (AvgIpc) is 3.16. The number of hydrogen-bond donors (Lipinski definition) is 2. The molecule has 1 aliphatic heterocycles. The molecule has 0 bridgehead atoms. The smallest absolute Gasteiger partial charge is 0.224 e. The van der Waals surface area contributed by atoms with E-state index in [1.54, 1.807) is 0 Å². The van der Waals surface area contributed by atoms with Crippen LogP contribution in [0.15, 0.2) is 24.4 Å². The van der Waals surface area contributed by atoms with E-state index in [0.29, 0.717) is 31.6 Å². The zero-order valence-electron chi connectivity index (χ0n) is 14.8. The molecule has 0 spiro atoms. The molecular formula is C18H25N5O2. The second kappa shape index (κ2) is 8.22. The molecule has 0 amide bonds. The minimum Gasteiger partial charge on any atom is -0.395 e. The van der Waals surface area contributed by atoms with Crippen molar-refractivity contribution in [1.29, 1.82) is 0 Å². The standard InChI is InChI=1S/C18H25N5O2/c1-13-4-3-6-19-16(13)11-23(2)17-10-15(14-5-9-25-12-14)21-18(22-17)20-7-8-24/h3-4,6,10,14,24H,5,7-9,11-12H2,1-2H3,(H,20,21,22). The van der Waals surface area contributed by atoms with Gasteiger partial charge in [-0.05, 0) is 25.0 Å². The predicted molar refractivity (Wildman–Crippen MR) is 96.9 cm³/mol. The average molecular weight is 343 g/mol. The first-order chi connectivity index (χ1) is 12.2. The zero-order chi connectivity index (χ0) is 17.6. The highest BCUT2D eigenvalue weighted by Gasteiger charge is 2.21. The number of nitrogens with zero attached hydrogens (tertiary/aromatic N) is 4. The molecule has 7 heteroatoms. The summed E-state index contributed by atoms with van der Waals surface area (Å²) in [7, 11) is 2.00. The molecule has 3 heterocycles. The van der Waals surface area contributed by atoms with Gasteiger partial charge >= 0.3 is 0 Å². The molecule has 3 rings (SSSR count). The number of aliphatic hydroxyl groups excluding tert-OH is 1. The summed E-state index contributed by atoms with van der Waals surface area (Å²) in [4.78, 5) is 15.7. The number of anilines is 2. The third kappa shape index (κ3) is 4.43. The Morgan fingerprint density at radius 3 is 3.00 bits per heavy atom. The number of aryl methyl sites for hydroxylation is 1. The number of aromatic nitrogens is 3. The monoisotopic (exact) mass is 343 g/mol. The molecule has 1 fully saturated rings. The molecule has 1 unspecified atom stereocenters. The maximum atomic E-state index is 9.06. The number of nitrogens with one attached hydrogen (secondary N) is 1. The van der Waals surface area contributed by atoms with Crippen LogP contribution in [-0.2, 0) is 11.3 Å². The summed E-state index contributed by atoms with van der Waals surface area (Å²) >= 11 is 0. The van der Waals surface area contributed by atoms with E-state index >= 15 is 0 Å². The molecule has 2 aromatic rings. The SMILES string of the molecule is Cc1cccnc1CN(C)c1cc(C2CCOC2)nc(NCCO)n1. The maximum absolute atomic E-state index is 9.06. The lowest BCUT2D eigenvalue weighted by Gasteiger charge is -2.21. The van der Waals surface area contributed by atoms with Crippen LogP contribution in [0.3, 0.4) is 0 Å². The Morgan fingerprint density at radius 1 is 1.40 bits per heavy atom. The summed E-state index contributed by atoms with van der Waals surface area (Å²) in [6.45, 7) is 4.66. The highest BCUT2D eigenvalue weighted by molar-refractivity contribution is 5.46. The summed E-state index contributed by atoms with van der Waals surface area (Å²) in [5.41, 5.74) is 3.17. The molecule has 7 nitrogen and oxygen atoms in total. The van der Waals surface area contributed by atoms with Crippen molar-refractivity contribution in [1.82, 2.24) is 15.0 Å². The van der Waals surface area contributed by atoms with Gasteiger partial charge in [0.25, 0.3) is 0 Å². The fourth-order valence-corrected chi connectivity index (χ4v) is 2.86. The minimum absolute atomic E-state index is 0.0401. The number of pyridine rings is 1. The van der Waals surface area contributed by atoms with E-state index in [1.807, 2.05) is 25.4 Å². The van der Waals surface area contributed by atoms with E-state index in [-0.39, 0.29) is 6.61 Å². The van der Waals surface area contributed by atoms with Crippen LogP contribution in [0.2, 0.25) is 0 Å². The van der Waals surface area contributed by atoms with Crippen LogP contribution in [0.25, 0.3) is 0 Å². The first-order valence-electron chi connectivity index (χ1n) is 8.60. The van der Waals surface area contributed by atoms with Gasteiger partial charge in [0.05, 0.1) is 31.1 Å². The molecule has 0 saturated carbocycles. The molecule has 0 aromatic carbocycles. The van der Waals surface area contributed by atoms with Gasteiger partial charge in [-0.25, -0.2) is 4.98 Å². The highest BCUT2D eigenvalue weighted by Crippen LogP contribution is 2.27. The molecule has 1 saturated heterocycles.